The maximum absolute atomic E-state index is 13.0. The summed E-state index contributed by atoms with van der Waals surface area (Å²) >= 11 is 0. The molecule has 2 aromatic rings. The molecule has 180 valence electrons. The molecule has 3 aliphatic heterocycles. The lowest BCUT2D eigenvalue weighted by molar-refractivity contribution is 0.153. The fourth-order valence-corrected chi connectivity index (χ4v) is 5.54. The Morgan fingerprint density at radius 1 is 0.848 bits per heavy atom. The molecule has 1 N–H and O–H groups in total. The van der Waals surface area contributed by atoms with E-state index in [0.717, 1.165) is 56.9 Å². The molecule has 8 nitrogen and oxygen atoms in total. The Morgan fingerprint density at radius 3 is 2.21 bits per heavy atom. The second-order valence-electron chi connectivity index (χ2n) is 10.00. The van der Waals surface area contributed by atoms with Crippen LogP contribution in [0.25, 0.3) is 11.2 Å². The van der Waals surface area contributed by atoms with Gasteiger partial charge in [-0.3, -0.25) is 0 Å². The van der Waals surface area contributed by atoms with Crippen molar-refractivity contribution in [1.82, 2.24) is 29.7 Å². The molecule has 3 fully saturated rings. The minimum absolute atomic E-state index is 0.0893. The van der Waals surface area contributed by atoms with E-state index in [1.807, 2.05) is 12.1 Å². The van der Waals surface area contributed by atoms with Crippen LogP contribution in [0.2, 0.25) is 0 Å². The molecule has 0 aromatic carbocycles. The van der Waals surface area contributed by atoms with E-state index < -0.39 is 0 Å². The zero-order valence-electron chi connectivity index (χ0n) is 19.9. The van der Waals surface area contributed by atoms with E-state index in [1.54, 1.807) is 10.9 Å². The van der Waals surface area contributed by atoms with Gasteiger partial charge in [-0.2, -0.15) is 0 Å². The van der Waals surface area contributed by atoms with Crippen molar-refractivity contribution in [3.8, 4) is 0 Å². The highest BCUT2D eigenvalue weighted by atomic mass is 16.2. The topological polar surface area (TPSA) is 69.5 Å². The first-order chi connectivity index (χ1) is 16.3. The molecule has 3 saturated heterocycles. The molecule has 0 saturated carbocycles. The molecule has 0 radical (unpaired) electrons. The summed E-state index contributed by atoms with van der Waals surface area (Å²) in [4.78, 5) is 29.7. The van der Waals surface area contributed by atoms with E-state index in [-0.39, 0.29) is 12.1 Å². The SMILES string of the molecule is O=C(NC1CCN(CCN2CCCCC2)CC1)n1cnc2nc(N3CCCCCC3)ccc21. The number of fused-ring (bicyclic) bond motifs is 1. The highest BCUT2D eigenvalue weighted by Gasteiger charge is 2.23. The molecule has 33 heavy (non-hydrogen) atoms. The number of imidazole rings is 1. The van der Waals surface area contributed by atoms with Crippen molar-refractivity contribution in [2.24, 2.45) is 0 Å². The third-order valence-corrected chi connectivity index (χ3v) is 7.64. The number of nitrogens with zero attached hydrogens (tertiary/aromatic N) is 6. The van der Waals surface area contributed by atoms with Crippen LogP contribution in [0.5, 0.6) is 0 Å². The van der Waals surface area contributed by atoms with Crippen LogP contribution in [0, 0.1) is 0 Å². The molecule has 5 rings (SSSR count). The van der Waals surface area contributed by atoms with Gasteiger partial charge in [-0.15, -0.1) is 0 Å². The zero-order chi connectivity index (χ0) is 22.5. The summed E-state index contributed by atoms with van der Waals surface area (Å²) in [5.41, 5.74) is 1.43. The molecule has 0 unspecified atom stereocenters. The number of hydrogen-bond donors (Lipinski definition) is 1. The zero-order valence-corrected chi connectivity index (χ0v) is 19.9. The Labute approximate surface area is 197 Å². The summed E-state index contributed by atoms with van der Waals surface area (Å²) in [6.07, 6.45) is 12.8. The van der Waals surface area contributed by atoms with Gasteiger partial charge in [0.05, 0.1) is 5.52 Å². The standard InChI is InChI=1S/C25H39N7O/c33-25(27-21-10-16-30(17-11-21)19-18-29-12-4-3-5-13-29)32-20-26-24-22(32)8-9-23(28-24)31-14-6-1-2-7-15-31/h8-9,20-21H,1-7,10-19H2,(H,27,33). The first kappa shape index (κ1) is 22.6. The molecular formula is C25H39N7O. The summed E-state index contributed by atoms with van der Waals surface area (Å²) in [6.45, 7) is 9.09. The van der Waals surface area contributed by atoms with Gasteiger partial charge in [0.15, 0.2) is 5.65 Å². The van der Waals surface area contributed by atoms with Crippen molar-refractivity contribution in [3.63, 3.8) is 0 Å². The first-order valence-corrected chi connectivity index (χ1v) is 13.1. The monoisotopic (exact) mass is 453 g/mol. The number of piperidine rings is 2. The van der Waals surface area contributed by atoms with Gasteiger partial charge in [-0.25, -0.2) is 19.3 Å². The van der Waals surface area contributed by atoms with Crippen molar-refractivity contribution < 1.29 is 4.79 Å². The number of rotatable bonds is 5. The number of aromatic nitrogens is 3. The fourth-order valence-electron chi connectivity index (χ4n) is 5.54. The minimum Gasteiger partial charge on any atom is -0.357 e. The highest BCUT2D eigenvalue weighted by Crippen LogP contribution is 2.21. The van der Waals surface area contributed by atoms with Gasteiger partial charge in [0.1, 0.15) is 12.1 Å². The first-order valence-electron chi connectivity index (χ1n) is 13.1. The summed E-state index contributed by atoms with van der Waals surface area (Å²) in [5, 5.41) is 3.23. The molecule has 0 spiro atoms. The molecule has 0 atom stereocenters. The highest BCUT2D eigenvalue weighted by molar-refractivity contribution is 5.88. The van der Waals surface area contributed by atoms with Crippen LogP contribution in [-0.2, 0) is 0 Å². The Morgan fingerprint density at radius 2 is 1.48 bits per heavy atom. The average molecular weight is 454 g/mol. The lowest BCUT2D eigenvalue weighted by Crippen LogP contribution is -2.47. The van der Waals surface area contributed by atoms with Crippen LogP contribution in [0.1, 0.15) is 57.8 Å². The lowest BCUT2D eigenvalue weighted by atomic mass is 10.1. The van der Waals surface area contributed by atoms with Gasteiger partial charge in [0, 0.05) is 45.3 Å². The molecule has 2 aromatic heterocycles. The third kappa shape index (κ3) is 5.66. The van der Waals surface area contributed by atoms with E-state index in [0.29, 0.717) is 5.65 Å². The van der Waals surface area contributed by atoms with Gasteiger partial charge in [-0.1, -0.05) is 19.3 Å². The molecule has 5 heterocycles. The normalized spacial score (nSPS) is 21.9. The van der Waals surface area contributed by atoms with E-state index >= 15 is 0 Å². The predicted molar refractivity (Wildman–Crippen MR) is 132 cm³/mol. The summed E-state index contributed by atoms with van der Waals surface area (Å²) in [7, 11) is 0. The smallest absolute Gasteiger partial charge is 0.327 e. The van der Waals surface area contributed by atoms with Crippen LogP contribution in [-0.4, -0.2) is 88.8 Å². The van der Waals surface area contributed by atoms with E-state index in [4.69, 9.17) is 4.98 Å². The van der Waals surface area contributed by atoms with Crippen LogP contribution < -0.4 is 10.2 Å². The van der Waals surface area contributed by atoms with Crippen molar-refractivity contribution in [1.29, 1.82) is 0 Å². The fraction of sp³-hybridized carbons (Fsp3) is 0.720. The van der Waals surface area contributed by atoms with Crippen LogP contribution in [0.4, 0.5) is 10.6 Å². The van der Waals surface area contributed by atoms with Crippen molar-refractivity contribution in [3.05, 3.63) is 18.5 Å². The van der Waals surface area contributed by atoms with Crippen molar-refractivity contribution in [2.45, 2.75) is 63.8 Å². The van der Waals surface area contributed by atoms with Crippen molar-refractivity contribution in [2.75, 3.05) is 57.3 Å². The average Bonchev–Trinajstić information content (AvgIpc) is 3.09. The lowest BCUT2D eigenvalue weighted by Gasteiger charge is -2.34. The number of hydrogen-bond acceptors (Lipinski definition) is 6. The summed E-state index contributed by atoms with van der Waals surface area (Å²) in [5.74, 6) is 0.979. The second-order valence-corrected chi connectivity index (χ2v) is 10.00. The number of anilines is 1. The Balaban J connectivity index is 1.13. The molecule has 1 amide bonds. The van der Waals surface area contributed by atoms with Gasteiger partial charge in [-0.05, 0) is 63.7 Å². The maximum atomic E-state index is 13.0. The molecule has 3 aliphatic rings. The quantitative estimate of drug-likeness (QED) is 0.749. The molecular weight excluding hydrogens is 414 g/mol. The van der Waals surface area contributed by atoms with Gasteiger partial charge in [0.25, 0.3) is 0 Å². The molecule has 0 aliphatic carbocycles. The van der Waals surface area contributed by atoms with Gasteiger partial charge in [0.2, 0.25) is 0 Å². The molecule has 8 heteroatoms. The Kier molecular flexibility index (Phi) is 7.41. The van der Waals surface area contributed by atoms with E-state index in [9.17, 15) is 4.79 Å². The number of nitrogens with one attached hydrogen (secondary N) is 1. The third-order valence-electron chi connectivity index (χ3n) is 7.64. The number of pyridine rings is 1. The van der Waals surface area contributed by atoms with Crippen LogP contribution in [0.3, 0.4) is 0 Å². The predicted octanol–water partition coefficient (Wildman–Crippen LogP) is 3.32. The second kappa shape index (κ2) is 10.8. The summed E-state index contributed by atoms with van der Waals surface area (Å²) < 4.78 is 1.62. The van der Waals surface area contributed by atoms with Crippen LogP contribution >= 0.6 is 0 Å². The van der Waals surface area contributed by atoms with Crippen molar-refractivity contribution >= 4 is 23.0 Å². The van der Waals surface area contributed by atoms with Crippen LogP contribution in [0.15, 0.2) is 18.5 Å². The molecule has 0 bridgehead atoms. The number of amides is 1. The number of carbonyl (C=O) groups is 1. The number of likely N-dealkylation sites (tertiary alicyclic amines) is 2. The largest absolute Gasteiger partial charge is 0.357 e. The summed E-state index contributed by atoms with van der Waals surface area (Å²) in [6, 6.07) is 4.18. The maximum Gasteiger partial charge on any atom is 0.327 e. The minimum atomic E-state index is -0.0893. The van der Waals surface area contributed by atoms with E-state index in [1.165, 1.54) is 64.6 Å². The van der Waals surface area contributed by atoms with E-state index in [2.05, 4.69) is 25.0 Å². The van der Waals surface area contributed by atoms with Gasteiger partial charge < -0.3 is 20.0 Å². The van der Waals surface area contributed by atoms with Gasteiger partial charge >= 0.3 is 6.03 Å². The Hall–Kier alpha value is -2.19. The Bertz CT molecular complexity index is 907. The number of carbonyl (C=O) groups excluding carboxylic acids is 1.